The van der Waals surface area contributed by atoms with Gasteiger partial charge in [-0.25, -0.2) is 0 Å². The van der Waals surface area contributed by atoms with Crippen molar-refractivity contribution in [3.63, 3.8) is 0 Å². The summed E-state index contributed by atoms with van der Waals surface area (Å²) in [6.07, 6.45) is -0.857. The van der Waals surface area contributed by atoms with Crippen LogP contribution in [-0.4, -0.2) is 48.5 Å². The molecule has 1 aliphatic heterocycles. The van der Waals surface area contributed by atoms with Crippen LogP contribution in [0.1, 0.15) is 65.6 Å². The molecule has 1 heterocycles. The summed E-state index contributed by atoms with van der Waals surface area (Å²) in [7, 11) is 4.10. The van der Waals surface area contributed by atoms with Crippen LogP contribution in [0.3, 0.4) is 0 Å². The van der Waals surface area contributed by atoms with Crippen LogP contribution in [0, 0.1) is 0 Å². The molecule has 0 radical (unpaired) electrons. The molecule has 1 amide bonds. The minimum Gasteiger partial charge on any atom is -0.325 e. The van der Waals surface area contributed by atoms with Gasteiger partial charge in [-0.05, 0) is 88.2 Å². The first-order valence-corrected chi connectivity index (χ1v) is 11.4. The number of hydrogen-bond acceptors (Lipinski definition) is 4. The highest BCUT2D eigenvalue weighted by Gasteiger charge is 2.37. The summed E-state index contributed by atoms with van der Waals surface area (Å²) in [4.78, 5) is 32.2. The van der Waals surface area contributed by atoms with Crippen LogP contribution in [0.15, 0.2) is 47.5 Å². The van der Waals surface area contributed by atoms with Crippen LogP contribution in [0.25, 0.3) is 0 Å². The molecular weight excluding hydrogens is 443 g/mol. The van der Waals surface area contributed by atoms with Crippen LogP contribution in [0.4, 0.5) is 18.9 Å². The van der Waals surface area contributed by atoms with Gasteiger partial charge in [-0.1, -0.05) is 12.1 Å². The Morgan fingerprint density at radius 3 is 2.18 bits per heavy atom. The topological polar surface area (TPSA) is 61.8 Å². The molecule has 0 saturated heterocycles. The minimum atomic E-state index is -4.45. The Bertz CT molecular complexity index is 1120. The van der Waals surface area contributed by atoms with Crippen LogP contribution in [0.2, 0.25) is 0 Å². The van der Waals surface area contributed by atoms with E-state index in [-0.39, 0.29) is 17.7 Å². The van der Waals surface area contributed by atoms with E-state index < -0.39 is 17.7 Å². The van der Waals surface area contributed by atoms with E-state index in [4.69, 9.17) is 4.99 Å². The quantitative estimate of drug-likeness (QED) is 0.475. The summed E-state index contributed by atoms with van der Waals surface area (Å²) in [5, 5.41) is 2.84. The van der Waals surface area contributed by atoms with Crippen molar-refractivity contribution in [1.29, 1.82) is 0 Å². The molecule has 2 aromatic carbocycles. The van der Waals surface area contributed by atoms with Crippen molar-refractivity contribution in [3.05, 3.63) is 64.7 Å². The number of nitrogens with zero attached hydrogens (tertiary/aromatic N) is 2. The number of anilines is 1. The lowest BCUT2D eigenvalue weighted by molar-refractivity contribution is -0.137. The number of rotatable bonds is 5. The number of hydrogen-bond donors (Lipinski definition) is 1. The van der Waals surface area contributed by atoms with Gasteiger partial charge in [-0.15, -0.1) is 0 Å². The number of alkyl halides is 3. The third-order valence-corrected chi connectivity index (χ3v) is 6.79. The fourth-order valence-corrected chi connectivity index (χ4v) is 4.80. The number of fused-ring (bicyclic) bond motifs is 1. The predicted octanol–water partition coefficient (Wildman–Crippen LogP) is 5.31. The van der Waals surface area contributed by atoms with Crippen LogP contribution in [-0.2, 0) is 11.0 Å². The molecule has 5 nitrogen and oxygen atoms in total. The molecule has 0 bridgehead atoms. The highest BCUT2D eigenvalue weighted by molar-refractivity contribution is 6.24. The summed E-state index contributed by atoms with van der Waals surface area (Å²) >= 11 is 0. The van der Waals surface area contributed by atoms with Gasteiger partial charge in [0.2, 0.25) is 5.91 Å². The number of carbonyl (C=O) groups is 2. The number of halogens is 3. The standard InChI is InChI=1S/C26H28F3N3O2/c1-15(33)17-6-13-22-21(14-17)23(25(34)31-22)24(16-4-7-18(8-5-16)26(27,28)29)30-19-9-11-20(12-10-19)32(2)3/h4-8,13-14,19-20,23H,9-12H2,1-3H3,(H,31,34). The molecule has 1 saturated carbocycles. The molecule has 0 spiro atoms. The van der Waals surface area contributed by atoms with Gasteiger partial charge in [0.25, 0.3) is 0 Å². The van der Waals surface area contributed by atoms with Crippen molar-refractivity contribution in [2.24, 2.45) is 4.99 Å². The van der Waals surface area contributed by atoms with Crippen LogP contribution in [0.5, 0.6) is 0 Å². The number of carbonyl (C=O) groups excluding carboxylic acids is 2. The van der Waals surface area contributed by atoms with Crippen LogP contribution < -0.4 is 5.32 Å². The van der Waals surface area contributed by atoms with Gasteiger partial charge in [-0.2, -0.15) is 13.2 Å². The van der Waals surface area contributed by atoms with Gasteiger partial charge in [0.1, 0.15) is 5.92 Å². The Morgan fingerprint density at radius 1 is 1.00 bits per heavy atom. The first-order valence-electron chi connectivity index (χ1n) is 11.4. The Kier molecular flexibility index (Phi) is 6.62. The molecule has 4 rings (SSSR count). The summed E-state index contributed by atoms with van der Waals surface area (Å²) in [6, 6.07) is 10.3. The largest absolute Gasteiger partial charge is 0.416 e. The zero-order valence-corrected chi connectivity index (χ0v) is 19.4. The second-order valence-electron chi connectivity index (χ2n) is 9.30. The molecule has 8 heteroatoms. The third-order valence-electron chi connectivity index (χ3n) is 6.79. The molecule has 1 unspecified atom stereocenters. The molecule has 1 N–H and O–H groups in total. The fourth-order valence-electron chi connectivity index (χ4n) is 4.80. The first kappa shape index (κ1) is 24.1. The highest BCUT2D eigenvalue weighted by Crippen LogP contribution is 2.38. The Hall–Kier alpha value is -3.00. The first-order chi connectivity index (χ1) is 16.0. The van der Waals surface area contributed by atoms with Crippen molar-refractivity contribution in [2.45, 2.75) is 56.8 Å². The molecule has 180 valence electrons. The number of nitrogens with one attached hydrogen (secondary N) is 1. The van der Waals surface area contributed by atoms with Gasteiger partial charge in [0.15, 0.2) is 5.78 Å². The maximum Gasteiger partial charge on any atom is 0.416 e. The smallest absolute Gasteiger partial charge is 0.325 e. The number of benzene rings is 2. The molecule has 2 aromatic rings. The van der Waals surface area contributed by atoms with Gasteiger partial charge < -0.3 is 10.2 Å². The number of Topliss-reactive ketones (excluding diaryl/α,β-unsaturated/α-hetero) is 1. The zero-order chi connectivity index (χ0) is 24.6. The van der Waals surface area contributed by atoms with Crippen LogP contribution >= 0.6 is 0 Å². The SMILES string of the molecule is CC(=O)c1ccc2c(c1)C(C(=NC1CCC(N(C)C)CC1)c1ccc(C(F)(F)F)cc1)C(=O)N2. The average Bonchev–Trinajstić information content (AvgIpc) is 3.12. The molecule has 1 fully saturated rings. The lowest BCUT2D eigenvalue weighted by Gasteiger charge is -2.31. The van der Waals surface area contributed by atoms with E-state index in [1.165, 1.54) is 19.1 Å². The molecule has 34 heavy (non-hydrogen) atoms. The summed E-state index contributed by atoms with van der Waals surface area (Å²) in [6.45, 7) is 1.45. The lowest BCUT2D eigenvalue weighted by atomic mass is 9.87. The summed E-state index contributed by atoms with van der Waals surface area (Å²) in [5.41, 5.74) is 1.85. The predicted molar refractivity (Wildman–Crippen MR) is 126 cm³/mol. The van der Waals surface area contributed by atoms with E-state index in [0.29, 0.717) is 34.1 Å². The Morgan fingerprint density at radius 2 is 1.62 bits per heavy atom. The average molecular weight is 472 g/mol. The summed E-state index contributed by atoms with van der Waals surface area (Å²) in [5.74, 6) is -1.22. The molecule has 1 atom stereocenters. The van der Waals surface area contributed by atoms with Gasteiger partial charge in [0, 0.05) is 17.3 Å². The second kappa shape index (κ2) is 9.33. The van der Waals surface area contributed by atoms with Crippen molar-refractivity contribution in [1.82, 2.24) is 4.90 Å². The number of amides is 1. The van der Waals surface area contributed by atoms with E-state index >= 15 is 0 Å². The van der Waals surface area contributed by atoms with E-state index in [9.17, 15) is 22.8 Å². The van der Waals surface area contributed by atoms with Gasteiger partial charge in [-0.3, -0.25) is 14.6 Å². The monoisotopic (exact) mass is 471 g/mol. The van der Waals surface area contributed by atoms with Gasteiger partial charge in [0.05, 0.1) is 17.3 Å². The Balaban J connectivity index is 1.76. The van der Waals surface area contributed by atoms with Gasteiger partial charge >= 0.3 is 6.18 Å². The van der Waals surface area contributed by atoms with E-state index in [1.807, 2.05) is 14.1 Å². The summed E-state index contributed by atoms with van der Waals surface area (Å²) < 4.78 is 39.4. The molecule has 2 aliphatic rings. The maximum absolute atomic E-state index is 13.1. The van der Waals surface area contributed by atoms with Crippen molar-refractivity contribution in [2.75, 3.05) is 19.4 Å². The molecule has 0 aromatic heterocycles. The van der Waals surface area contributed by atoms with Crippen molar-refractivity contribution >= 4 is 23.1 Å². The second-order valence-corrected chi connectivity index (χ2v) is 9.30. The van der Waals surface area contributed by atoms with Crippen molar-refractivity contribution < 1.29 is 22.8 Å². The van der Waals surface area contributed by atoms with E-state index in [1.54, 1.807) is 18.2 Å². The fraction of sp³-hybridized carbons (Fsp3) is 0.423. The van der Waals surface area contributed by atoms with Crippen molar-refractivity contribution in [3.8, 4) is 0 Å². The lowest BCUT2D eigenvalue weighted by Crippen LogP contribution is -2.34. The number of ketones is 1. The van der Waals surface area contributed by atoms with E-state index in [2.05, 4.69) is 10.2 Å². The minimum absolute atomic E-state index is 0.0265. The maximum atomic E-state index is 13.1. The third kappa shape index (κ3) is 4.92. The zero-order valence-electron chi connectivity index (χ0n) is 19.4. The Labute approximate surface area is 197 Å². The normalized spacial score (nSPS) is 23.1. The number of aliphatic imine (C=N–C) groups is 1. The molecule has 1 aliphatic carbocycles. The molecular formula is C26H28F3N3O2. The van der Waals surface area contributed by atoms with E-state index in [0.717, 1.165) is 37.8 Å². The highest BCUT2D eigenvalue weighted by atomic mass is 19.4.